The van der Waals surface area contributed by atoms with Crippen molar-refractivity contribution in [3.8, 4) is 0 Å². The van der Waals surface area contributed by atoms with E-state index in [9.17, 15) is 13.2 Å². The molecule has 0 aliphatic carbocycles. The summed E-state index contributed by atoms with van der Waals surface area (Å²) in [6.45, 7) is -1.11. The summed E-state index contributed by atoms with van der Waals surface area (Å²) in [6.07, 6.45) is -1.25. The Morgan fingerprint density at radius 3 is 2.60 bits per heavy atom. The minimum Gasteiger partial charge on any atom is -0.243 e. The van der Waals surface area contributed by atoms with Gasteiger partial charge < -0.3 is 0 Å². The summed E-state index contributed by atoms with van der Waals surface area (Å²) in [5.74, 6) is 0. The van der Waals surface area contributed by atoms with Crippen molar-refractivity contribution in [2.45, 2.75) is 12.7 Å². The maximum atomic E-state index is 11.5. The summed E-state index contributed by atoms with van der Waals surface area (Å²) in [5.41, 5.74) is 0. The minimum absolute atomic E-state index is 0.667. The van der Waals surface area contributed by atoms with Crippen molar-refractivity contribution in [2.75, 3.05) is 0 Å². The van der Waals surface area contributed by atoms with Gasteiger partial charge in [0.25, 0.3) is 0 Å². The molecule has 1 aromatic rings. The Kier molecular flexibility index (Phi) is 1.60. The molecule has 1 rings (SSSR count). The molecule has 1 radical (unpaired) electrons. The highest BCUT2D eigenvalue weighted by Gasteiger charge is 2.28. The number of alkyl halides is 3. The molecule has 1 aromatic heterocycles. The van der Waals surface area contributed by atoms with E-state index in [-0.39, 0.29) is 0 Å². The predicted octanol–water partition coefficient (Wildman–Crippen LogP) is 0.641. The van der Waals surface area contributed by atoms with Crippen LogP contribution in [0.5, 0.6) is 0 Å². The zero-order valence-electron chi connectivity index (χ0n) is 4.76. The van der Waals surface area contributed by atoms with Gasteiger partial charge in [0.2, 0.25) is 6.33 Å². The molecule has 10 heavy (non-hydrogen) atoms. The van der Waals surface area contributed by atoms with E-state index in [1.54, 1.807) is 0 Å². The maximum Gasteiger partial charge on any atom is 0.408 e. The van der Waals surface area contributed by atoms with Crippen LogP contribution >= 0.6 is 0 Å². The monoisotopic (exact) mass is 150 g/mol. The molecule has 6 heteroatoms. The van der Waals surface area contributed by atoms with E-state index >= 15 is 0 Å². The van der Waals surface area contributed by atoms with Crippen LogP contribution in [-0.2, 0) is 6.54 Å². The summed E-state index contributed by atoms with van der Waals surface area (Å²) in [6, 6.07) is 0. The molecular weight excluding hydrogens is 147 g/mol. The van der Waals surface area contributed by atoms with Crippen LogP contribution in [0.1, 0.15) is 0 Å². The Bertz CT molecular complexity index is 190. The van der Waals surface area contributed by atoms with Crippen LogP contribution in [0.4, 0.5) is 13.2 Å². The lowest BCUT2D eigenvalue weighted by molar-refractivity contribution is -0.142. The van der Waals surface area contributed by atoms with Crippen molar-refractivity contribution in [2.24, 2.45) is 0 Å². The molecule has 0 saturated heterocycles. The van der Waals surface area contributed by atoms with Crippen molar-refractivity contribution < 1.29 is 13.2 Å². The van der Waals surface area contributed by atoms with Crippen molar-refractivity contribution >= 4 is 0 Å². The van der Waals surface area contributed by atoms with Gasteiger partial charge in [-0.1, -0.05) is 0 Å². The van der Waals surface area contributed by atoms with Gasteiger partial charge in [0, 0.05) is 0 Å². The zero-order valence-corrected chi connectivity index (χ0v) is 4.76. The van der Waals surface area contributed by atoms with Crippen molar-refractivity contribution in [3.63, 3.8) is 0 Å². The fourth-order valence-electron chi connectivity index (χ4n) is 0.461. The molecule has 0 aliphatic rings. The Morgan fingerprint density at radius 1 is 1.50 bits per heavy atom. The molecule has 0 aromatic carbocycles. The van der Waals surface area contributed by atoms with Gasteiger partial charge in [-0.15, -0.1) is 5.10 Å². The van der Waals surface area contributed by atoms with E-state index in [1.807, 2.05) is 6.33 Å². The maximum absolute atomic E-state index is 11.5. The van der Waals surface area contributed by atoms with Crippen molar-refractivity contribution in [3.05, 3.63) is 12.7 Å². The van der Waals surface area contributed by atoms with E-state index in [2.05, 4.69) is 10.1 Å². The third-order valence-electron chi connectivity index (χ3n) is 0.763. The molecule has 0 spiro atoms. The van der Waals surface area contributed by atoms with Crippen molar-refractivity contribution in [1.82, 2.24) is 14.8 Å². The highest BCUT2D eigenvalue weighted by molar-refractivity contribution is 4.57. The average molecular weight is 150 g/mol. The number of halogens is 3. The molecule has 0 atom stereocenters. The molecule has 0 aliphatic heterocycles. The second-order valence-electron chi connectivity index (χ2n) is 1.66. The van der Waals surface area contributed by atoms with Crippen LogP contribution in [0.15, 0.2) is 6.33 Å². The van der Waals surface area contributed by atoms with Gasteiger partial charge in [-0.05, 0) is 0 Å². The summed E-state index contributed by atoms with van der Waals surface area (Å²) < 4.78 is 35.2. The Balaban J connectivity index is 2.57. The first-order valence-corrected chi connectivity index (χ1v) is 2.40. The van der Waals surface area contributed by atoms with Gasteiger partial charge in [-0.2, -0.15) is 13.2 Å². The smallest absolute Gasteiger partial charge is 0.243 e. The SMILES string of the molecule is FC(F)(F)Cn1cn[c]n1. The second-order valence-corrected chi connectivity index (χ2v) is 1.66. The normalized spacial score (nSPS) is 11.9. The van der Waals surface area contributed by atoms with E-state index in [1.165, 1.54) is 0 Å². The zero-order chi connectivity index (χ0) is 7.61. The van der Waals surface area contributed by atoms with Gasteiger partial charge in [-0.25, -0.2) is 9.67 Å². The second kappa shape index (κ2) is 2.28. The van der Waals surface area contributed by atoms with Crippen molar-refractivity contribution in [1.29, 1.82) is 0 Å². The molecule has 55 valence electrons. The van der Waals surface area contributed by atoms with E-state index in [0.717, 1.165) is 6.33 Å². The van der Waals surface area contributed by atoms with Crippen LogP contribution in [-0.4, -0.2) is 20.9 Å². The summed E-state index contributed by atoms with van der Waals surface area (Å²) >= 11 is 0. The number of rotatable bonds is 1. The highest BCUT2D eigenvalue weighted by atomic mass is 19.4. The molecule has 3 nitrogen and oxygen atoms in total. The molecule has 0 unspecified atom stereocenters. The topological polar surface area (TPSA) is 30.7 Å². The van der Waals surface area contributed by atoms with Crippen LogP contribution in [0.25, 0.3) is 0 Å². The van der Waals surface area contributed by atoms with Gasteiger partial charge in [0.05, 0.1) is 0 Å². The largest absolute Gasteiger partial charge is 0.408 e. The first-order valence-electron chi connectivity index (χ1n) is 2.40. The fourth-order valence-corrected chi connectivity index (χ4v) is 0.461. The highest BCUT2D eigenvalue weighted by Crippen LogP contribution is 2.15. The Hall–Kier alpha value is -1.07. The lowest BCUT2D eigenvalue weighted by atomic mass is 10.6. The third kappa shape index (κ3) is 2.04. The molecular formula is C4H3F3N3. The lowest BCUT2D eigenvalue weighted by Crippen LogP contribution is -2.17. The Morgan fingerprint density at radius 2 is 2.20 bits per heavy atom. The van der Waals surface area contributed by atoms with Gasteiger partial charge in [0.1, 0.15) is 12.9 Å². The van der Waals surface area contributed by atoms with Gasteiger partial charge >= 0.3 is 6.18 Å². The quantitative estimate of drug-likeness (QED) is 0.588. The number of hydrogen-bond donors (Lipinski definition) is 0. The number of aromatic nitrogens is 3. The summed E-state index contributed by atoms with van der Waals surface area (Å²) in [7, 11) is 0. The minimum atomic E-state index is -4.23. The summed E-state index contributed by atoms with van der Waals surface area (Å²) in [5, 5.41) is 3.16. The van der Waals surface area contributed by atoms with Gasteiger partial charge in [-0.3, -0.25) is 0 Å². The summed E-state index contributed by atoms with van der Waals surface area (Å²) in [4.78, 5) is 3.23. The number of hydrogen-bond acceptors (Lipinski definition) is 2. The fraction of sp³-hybridized carbons (Fsp3) is 0.500. The van der Waals surface area contributed by atoms with E-state index in [0.29, 0.717) is 4.68 Å². The molecule has 0 amide bonds. The first-order chi connectivity index (χ1) is 4.58. The van der Waals surface area contributed by atoms with Crippen LogP contribution < -0.4 is 0 Å². The molecule has 0 saturated carbocycles. The van der Waals surface area contributed by atoms with Crippen LogP contribution in [0, 0.1) is 6.33 Å². The first kappa shape index (κ1) is 7.04. The lowest BCUT2D eigenvalue weighted by Gasteiger charge is -2.03. The van der Waals surface area contributed by atoms with E-state index < -0.39 is 12.7 Å². The molecule has 0 fully saturated rings. The standard InChI is InChI=1S/C4H3F3N3/c5-4(6,7)1-10-3-8-2-9-10/h3H,1H2. The number of nitrogens with zero attached hydrogens (tertiary/aromatic N) is 3. The predicted molar refractivity (Wildman–Crippen MR) is 24.9 cm³/mol. The van der Waals surface area contributed by atoms with E-state index in [4.69, 9.17) is 0 Å². The average Bonchev–Trinajstić information content (AvgIpc) is 2.12. The molecule has 0 N–H and O–H groups in total. The van der Waals surface area contributed by atoms with Gasteiger partial charge in [0.15, 0.2) is 0 Å². The van der Waals surface area contributed by atoms with Crippen LogP contribution in [0.3, 0.4) is 0 Å². The van der Waals surface area contributed by atoms with Crippen LogP contribution in [0.2, 0.25) is 0 Å². The molecule has 1 heterocycles. The Labute approximate surface area is 54.5 Å². The third-order valence-corrected chi connectivity index (χ3v) is 0.763. The molecule has 0 bridgehead atoms.